The summed E-state index contributed by atoms with van der Waals surface area (Å²) in [7, 11) is 0. The Bertz CT molecular complexity index is 156. The van der Waals surface area contributed by atoms with E-state index in [1.54, 1.807) is 18.2 Å². The number of halogens is 1. The van der Waals surface area contributed by atoms with Crippen molar-refractivity contribution >= 4 is 17.8 Å². The van der Waals surface area contributed by atoms with Crippen molar-refractivity contribution in [2.75, 3.05) is 0 Å². The van der Waals surface area contributed by atoms with Gasteiger partial charge in [-0.3, -0.25) is 0 Å². The number of rotatable bonds is 3. The van der Waals surface area contributed by atoms with Gasteiger partial charge in [0.25, 0.3) is 0 Å². The predicted molar refractivity (Wildman–Crippen MR) is 42.8 cm³/mol. The van der Waals surface area contributed by atoms with Gasteiger partial charge in [0.2, 0.25) is 0 Å². The fourth-order valence-electron chi connectivity index (χ4n) is 0.264. The van der Waals surface area contributed by atoms with Gasteiger partial charge >= 0.3 is 0 Å². The van der Waals surface area contributed by atoms with Gasteiger partial charge in [0.15, 0.2) is 0 Å². The molecule has 2 heteroatoms. The fraction of sp³-hybridized carbons (Fsp3) is 0. The summed E-state index contributed by atoms with van der Waals surface area (Å²) in [4.78, 5) is 3.74. The summed E-state index contributed by atoms with van der Waals surface area (Å²) in [6.07, 6.45) is 6.24. The molecule has 0 amide bonds. The first-order valence-electron chi connectivity index (χ1n) is 2.44. The van der Waals surface area contributed by atoms with Gasteiger partial charge in [-0.25, -0.2) is 4.99 Å². The number of allylic oxidation sites excluding steroid dienone is 3. The fourth-order valence-corrected chi connectivity index (χ4v) is 0.410. The minimum absolute atomic E-state index is 0.407. The van der Waals surface area contributed by atoms with Crippen LogP contribution in [-0.2, 0) is 0 Å². The van der Waals surface area contributed by atoms with Crippen LogP contribution in [-0.4, -0.2) is 6.21 Å². The highest BCUT2D eigenvalue weighted by Gasteiger charge is 1.76. The molecule has 9 heavy (non-hydrogen) atoms. The first-order chi connectivity index (χ1) is 4.31. The van der Waals surface area contributed by atoms with Crippen LogP contribution in [0.3, 0.4) is 0 Å². The molecule has 0 aliphatic rings. The lowest BCUT2D eigenvalue weighted by Gasteiger charge is -1.80. The number of nitrogens with zero attached hydrogens (tertiary/aromatic N) is 1. The molecule has 0 saturated heterocycles. The molecule has 0 rings (SSSR count). The van der Waals surface area contributed by atoms with Crippen LogP contribution in [0.5, 0.6) is 0 Å². The monoisotopic (exact) mass is 141 g/mol. The molecule has 48 valence electrons. The Morgan fingerprint density at radius 3 is 2.44 bits per heavy atom. The maximum Gasteiger partial charge on any atom is 0.128 e. The van der Waals surface area contributed by atoms with Crippen LogP contribution in [0.25, 0.3) is 0 Å². The van der Waals surface area contributed by atoms with Gasteiger partial charge < -0.3 is 0 Å². The molecule has 0 aliphatic heterocycles. The second-order valence-corrected chi connectivity index (χ2v) is 1.63. The highest BCUT2D eigenvalue weighted by atomic mass is 35.5. The van der Waals surface area contributed by atoms with E-state index in [0.717, 1.165) is 0 Å². The van der Waals surface area contributed by atoms with E-state index in [-0.39, 0.29) is 0 Å². The lowest BCUT2D eigenvalue weighted by atomic mass is 10.6. The molecule has 0 radical (unpaired) electrons. The van der Waals surface area contributed by atoms with E-state index >= 15 is 0 Å². The van der Waals surface area contributed by atoms with Crippen molar-refractivity contribution in [3.05, 3.63) is 36.5 Å². The molecule has 0 N–H and O–H groups in total. The highest BCUT2D eigenvalue weighted by Crippen LogP contribution is 2.00. The van der Waals surface area contributed by atoms with E-state index in [1.807, 2.05) is 0 Å². The highest BCUT2D eigenvalue weighted by molar-refractivity contribution is 6.29. The zero-order chi connectivity index (χ0) is 7.11. The van der Waals surface area contributed by atoms with Crippen LogP contribution in [0, 0.1) is 0 Å². The molecule has 0 bridgehead atoms. The first-order valence-corrected chi connectivity index (χ1v) is 2.82. The Kier molecular flexibility index (Phi) is 4.83. The molecule has 0 unspecified atom stereocenters. The van der Waals surface area contributed by atoms with Crippen molar-refractivity contribution in [1.29, 1.82) is 0 Å². The minimum atomic E-state index is 0.407. The zero-order valence-corrected chi connectivity index (χ0v) is 5.80. The molecular weight excluding hydrogens is 134 g/mol. The number of hydrogen-bond acceptors (Lipinski definition) is 1. The van der Waals surface area contributed by atoms with Crippen molar-refractivity contribution in [2.24, 2.45) is 4.99 Å². The average Bonchev–Trinajstić information content (AvgIpc) is 1.85. The van der Waals surface area contributed by atoms with Gasteiger partial charge in [-0.2, -0.15) is 0 Å². The van der Waals surface area contributed by atoms with Gasteiger partial charge in [-0.15, -0.1) is 0 Å². The van der Waals surface area contributed by atoms with E-state index in [0.29, 0.717) is 5.16 Å². The van der Waals surface area contributed by atoms with Crippen LogP contribution in [0.2, 0.25) is 0 Å². The Hall–Kier alpha value is -0.820. The van der Waals surface area contributed by atoms with E-state index in [4.69, 9.17) is 11.6 Å². The second-order valence-electron chi connectivity index (χ2n) is 1.24. The molecule has 0 atom stereocenters. The van der Waals surface area contributed by atoms with Crippen molar-refractivity contribution in [1.82, 2.24) is 0 Å². The summed E-state index contributed by atoms with van der Waals surface area (Å²) in [6.45, 7) is 6.88. The molecule has 0 fully saturated rings. The van der Waals surface area contributed by atoms with E-state index in [1.165, 1.54) is 6.21 Å². The molecule has 0 heterocycles. The number of aliphatic imine (C=N–C) groups is 1. The largest absolute Gasteiger partial charge is 0.245 e. The average molecular weight is 142 g/mol. The Morgan fingerprint density at radius 2 is 2.00 bits per heavy atom. The van der Waals surface area contributed by atoms with Crippen LogP contribution >= 0.6 is 11.6 Å². The maximum absolute atomic E-state index is 5.50. The third-order valence-corrected chi connectivity index (χ3v) is 0.782. The van der Waals surface area contributed by atoms with Gasteiger partial charge in [0.1, 0.15) is 5.16 Å². The van der Waals surface area contributed by atoms with E-state index in [9.17, 15) is 0 Å². The maximum atomic E-state index is 5.50. The second kappa shape index (κ2) is 5.32. The molecule has 0 aliphatic carbocycles. The molecule has 1 nitrogen and oxygen atoms in total. The standard InChI is InChI=1S/C7H8ClN/c1-3-5-7(8)9-6-4-2/h3-6H,1-2H2/b7-5-,9-6?. The van der Waals surface area contributed by atoms with Gasteiger partial charge in [0, 0.05) is 6.21 Å². The van der Waals surface area contributed by atoms with Gasteiger partial charge in [-0.05, 0) is 6.08 Å². The molecule has 0 spiro atoms. The lowest BCUT2D eigenvalue weighted by Crippen LogP contribution is -1.63. The normalized spacial score (nSPS) is 11.9. The third-order valence-electron chi connectivity index (χ3n) is 0.559. The van der Waals surface area contributed by atoms with Crippen molar-refractivity contribution in [2.45, 2.75) is 0 Å². The quantitative estimate of drug-likeness (QED) is 0.325. The SMILES string of the molecule is C=CC=N/C(Cl)=C\C=C. The van der Waals surface area contributed by atoms with Crippen molar-refractivity contribution < 1.29 is 0 Å². The molecule has 0 aromatic heterocycles. The van der Waals surface area contributed by atoms with Gasteiger partial charge in [-0.1, -0.05) is 36.9 Å². The first kappa shape index (κ1) is 8.18. The van der Waals surface area contributed by atoms with Crippen LogP contribution in [0.4, 0.5) is 0 Å². The van der Waals surface area contributed by atoms with Crippen LogP contribution in [0.1, 0.15) is 0 Å². The lowest BCUT2D eigenvalue weighted by molar-refractivity contribution is 1.54. The Labute approximate surface area is 60.1 Å². The van der Waals surface area contributed by atoms with E-state index < -0.39 is 0 Å². The molecular formula is C7H8ClN. The topological polar surface area (TPSA) is 12.4 Å². The van der Waals surface area contributed by atoms with Gasteiger partial charge in [0.05, 0.1) is 0 Å². The smallest absolute Gasteiger partial charge is 0.128 e. The molecule has 0 aromatic rings. The zero-order valence-electron chi connectivity index (χ0n) is 5.05. The predicted octanol–water partition coefficient (Wildman–Crippen LogP) is 2.51. The van der Waals surface area contributed by atoms with Crippen LogP contribution in [0.15, 0.2) is 41.5 Å². The summed E-state index contributed by atoms with van der Waals surface area (Å²) < 4.78 is 0. The summed E-state index contributed by atoms with van der Waals surface area (Å²) >= 11 is 5.50. The Morgan fingerprint density at radius 1 is 1.33 bits per heavy atom. The minimum Gasteiger partial charge on any atom is -0.245 e. The third kappa shape index (κ3) is 5.04. The van der Waals surface area contributed by atoms with Crippen molar-refractivity contribution in [3.8, 4) is 0 Å². The summed E-state index contributed by atoms with van der Waals surface area (Å²) in [5.74, 6) is 0. The summed E-state index contributed by atoms with van der Waals surface area (Å²) in [5.41, 5.74) is 0. The summed E-state index contributed by atoms with van der Waals surface area (Å²) in [5, 5.41) is 0.407. The van der Waals surface area contributed by atoms with E-state index in [2.05, 4.69) is 18.2 Å². The Balaban J connectivity index is 3.88. The summed E-state index contributed by atoms with van der Waals surface area (Å²) in [6, 6.07) is 0. The van der Waals surface area contributed by atoms with Crippen molar-refractivity contribution in [3.63, 3.8) is 0 Å². The number of hydrogen-bond donors (Lipinski definition) is 0. The molecule has 0 aromatic carbocycles. The molecule has 0 saturated carbocycles. The van der Waals surface area contributed by atoms with Crippen LogP contribution < -0.4 is 0 Å².